The van der Waals surface area contributed by atoms with Crippen molar-refractivity contribution >= 4 is 35.0 Å². The Morgan fingerprint density at radius 3 is 2.65 bits per heavy atom. The highest BCUT2D eigenvalue weighted by Crippen LogP contribution is 2.26. The minimum absolute atomic E-state index is 0.104. The minimum Gasteiger partial charge on any atom is -0.443 e. The molecule has 5 rings (SSSR count). The molecule has 2 atom stereocenters. The van der Waals surface area contributed by atoms with E-state index in [4.69, 9.17) is 9.15 Å². The van der Waals surface area contributed by atoms with Gasteiger partial charge in [0.1, 0.15) is 34.8 Å². The fourth-order valence-corrected chi connectivity index (χ4v) is 4.06. The molecule has 40 heavy (non-hydrogen) atoms. The number of carbonyl (C=O) groups is 2. The maximum Gasteiger partial charge on any atom is 0.415 e. The highest BCUT2D eigenvalue weighted by molar-refractivity contribution is 6.00. The number of rotatable bonds is 6. The molecule has 0 saturated heterocycles. The van der Waals surface area contributed by atoms with Gasteiger partial charge in [0.2, 0.25) is 0 Å². The third-order valence-electron chi connectivity index (χ3n) is 6.29. The Kier molecular flexibility index (Phi) is 6.79. The Labute approximate surface area is 228 Å². The Morgan fingerprint density at radius 2 is 2.02 bits per heavy atom. The van der Waals surface area contributed by atoms with Crippen LogP contribution in [0.15, 0.2) is 46.1 Å². The van der Waals surface area contributed by atoms with Gasteiger partial charge in [-0.2, -0.15) is 14.6 Å². The van der Waals surface area contributed by atoms with E-state index in [-0.39, 0.29) is 40.6 Å². The van der Waals surface area contributed by atoms with Gasteiger partial charge in [0.15, 0.2) is 5.65 Å². The molecule has 4 aromatic rings. The lowest BCUT2D eigenvalue weighted by atomic mass is 9.89. The molecule has 3 N–H and O–H groups in total. The van der Waals surface area contributed by atoms with Gasteiger partial charge >= 0.3 is 12.1 Å². The number of nitrogens with zero attached hydrogens (tertiary/aromatic N) is 6. The maximum atomic E-state index is 13.2. The second-order valence-electron chi connectivity index (χ2n) is 10.6. The van der Waals surface area contributed by atoms with Gasteiger partial charge in [0, 0.05) is 19.3 Å². The summed E-state index contributed by atoms with van der Waals surface area (Å²) in [5.41, 5.74) is -0.209. The van der Waals surface area contributed by atoms with Gasteiger partial charge < -0.3 is 24.9 Å². The first-order valence-corrected chi connectivity index (χ1v) is 12.7. The highest BCUT2D eigenvalue weighted by atomic mass is 16.6. The molecule has 4 aromatic heterocycles. The number of nitrogens with one attached hydrogen (secondary N) is 2. The van der Waals surface area contributed by atoms with Crippen LogP contribution in [0.3, 0.4) is 0 Å². The van der Waals surface area contributed by atoms with E-state index in [1.807, 2.05) is 0 Å². The summed E-state index contributed by atoms with van der Waals surface area (Å²) in [6.07, 6.45) is 4.28. The van der Waals surface area contributed by atoms with E-state index in [2.05, 4.69) is 25.7 Å². The fraction of sp³-hybridized carbons (Fsp3) is 0.385. The third-order valence-corrected chi connectivity index (χ3v) is 6.29. The summed E-state index contributed by atoms with van der Waals surface area (Å²) < 4.78 is 13.5. The first kappa shape index (κ1) is 26.9. The number of fused-ring (bicyclic) bond motifs is 1. The average Bonchev–Trinajstić information content (AvgIpc) is 3.52. The summed E-state index contributed by atoms with van der Waals surface area (Å²) in [5, 5.41) is 20.0. The molecule has 0 aliphatic heterocycles. The van der Waals surface area contributed by atoms with Crippen molar-refractivity contribution in [1.82, 2.24) is 29.5 Å². The molecule has 2 amide bonds. The number of amides is 2. The Morgan fingerprint density at radius 1 is 1.25 bits per heavy atom. The van der Waals surface area contributed by atoms with Crippen LogP contribution < -0.4 is 21.1 Å². The number of anilines is 3. The largest absolute Gasteiger partial charge is 0.443 e. The van der Waals surface area contributed by atoms with Gasteiger partial charge in [0.05, 0.1) is 24.0 Å². The molecule has 2 unspecified atom stereocenters. The van der Waals surface area contributed by atoms with Crippen molar-refractivity contribution in [3.8, 4) is 6.01 Å². The predicted molar refractivity (Wildman–Crippen MR) is 144 cm³/mol. The second kappa shape index (κ2) is 10.1. The van der Waals surface area contributed by atoms with E-state index < -0.39 is 29.3 Å². The smallest absolute Gasteiger partial charge is 0.415 e. The molecule has 1 aliphatic rings. The van der Waals surface area contributed by atoms with Crippen LogP contribution in [-0.2, 0) is 4.74 Å². The quantitative estimate of drug-likeness (QED) is 0.324. The number of aliphatic hydroxyl groups is 1. The van der Waals surface area contributed by atoms with Crippen molar-refractivity contribution in [1.29, 1.82) is 0 Å². The second-order valence-corrected chi connectivity index (χ2v) is 10.6. The van der Waals surface area contributed by atoms with Crippen molar-refractivity contribution < 1.29 is 23.8 Å². The molecule has 14 nitrogen and oxygen atoms in total. The topological polar surface area (TPSA) is 169 Å². The molecule has 0 bridgehead atoms. The molecular weight excluding hydrogens is 520 g/mol. The number of aryl methyl sites for hydroxylation is 1. The van der Waals surface area contributed by atoms with Crippen molar-refractivity contribution in [3.05, 3.63) is 58.5 Å². The number of hydrogen-bond donors (Lipinski definition) is 3. The molecule has 14 heteroatoms. The zero-order valence-corrected chi connectivity index (χ0v) is 22.7. The summed E-state index contributed by atoms with van der Waals surface area (Å²) in [6.45, 7) is 6.98. The van der Waals surface area contributed by atoms with Crippen LogP contribution >= 0.6 is 0 Å². The molecular formula is C26H30N8O6. The molecule has 0 radical (unpaired) electrons. The number of aromatic nitrogens is 5. The Balaban J connectivity index is 1.56. The van der Waals surface area contributed by atoms with E-state index in [0.717, 1.165) is 0 Å². The van der Waals surface area contributed by atoms with Crippen molar-refractivity contribution in [3.63, 3.8) is 0 Å². The molecule has 0 spiro atoms. The average molecular weight is 551 g/mol. The lowest BCUT2D eigenvalue weighted by molar-refractivity contribution is 0.0448. The van der Waals surface area contributed by atoms with Crippen molar-refractivity contribution in [2.24, 2.45) is 0 Å². The van der Waals surface area contributed by atoms with Crippen molar-refractivity contribution in [2.75, 3.05) is 17.3 Å². The Bertz CT molecular complexity index is 1650. The summed E-state index contributed by atoms with van der Waals surface area (Å²) >= 11 is 0. The highest BCUT2D eigenvalue weighted by Gasteiger charge is 2.32. The van der Waals surface area contributed by atoms with Crippen LogP contribution in [0.5, 0.6) is 0 Å². The maximum absolute atomic E-state index is 13.2. The molecule has 210 valence electrons. The molecule has 1 saturated carbocycles. The molecule has 1 fully saturated rings. The van der Waals surface area contributed by atoms with E-state index in [1.165, 1.54) is 45.8 Å². The summed E-state index contributed by atoms with van der Waals surface area (Å²) in [4.78, 5) is 49.2. The number of ether oxygens (including phenoxy) is 1. The number of carbonyl (C=O) groups excluding carboxylic acids is 2. The van der Waals surface area contributed by atoms with Crippen molar-refractivity contribution in [2.45, 2.75) is 58.3 Å². The zero-order valence-electron chi connectivity index (χ0n) is 22.7. The minimum atomic E-state index is -0.759. The normalized spacial score (nSPS) is 16.9. The lowest BCUT2D eigenvalue weighted by Crippen LogP contribution is -2.50. The van der Waals surface area contributed by atoms with E-state index >= 15 is 0 Å². The molecule has 4 heterocycles. The summed E-state index contributed by atoms with van der Waals surface area (Å²) in [7, 11) is 1.50. The van der Waals surface area contributed by atoms with Crippen LogP contribution in [0.4, 0.5) is 22.1 Å². The molecule has 1 aliphatic carbocycles. The number of pyridine rings is 1. The van der Waals surface area contributed by atoms with Gasteiger partial charge in [-0.1, -0.05) is 0 Å². The number of oxazole rings is 1. The van der Waals surface area contributed by atoms with Gasteiger partial charge in [0.25, 0.3) is 11.5 Å². The van der Waals surface area contributed by atoms with Crippen LogP contribution in [0.2, 0.25) is 0 Å². The molecule has 0 aromatic carbocycles. The van der Waals surface area contributed by atoms with E-state index in [1.54, 1.807) is 39.8 Å². The summed E-state index contributed by atoms with van der Waals surface area (Å²) in [5.74, 6) is -0.0887. The number of aliphatic hydroxyl groups excluding tert-OH is 1. The van der Waals surface area contributed by atoms with Gasteiger partial charge in [-0.05, 0) is 52.7 Å². The van der Waals surface area contributed by atoms with Gasteiger partial charge in [-0.15, -0.1) is 0 Å². The summed E-state index contributed by atoms with van der Waals surface area (Å²) in [6, 6.07) is 4.44. The van der Waals surface area contributed by atoms with E-state index in [0.29, 0.717) is 18.5 Å². The predicted octanol–water partition coefficient (Wildman–Crippen LogP) is 2.54. The lowest BCUT2D eigenvalue weighted by Gasteiger charge is -2.32. The third kappa shape index (κ3) is 5.25. The monoisotopic (exact) mass is 550 g/mol. The van der Waals surface area contributed by atoms with Crippen LogP contribution in [0.1, 0.15) is 49.7 Å². The first-order valence-electron chi connectivity index (χ1n) is 12.7. The zero-order chi connectivity index (χ0) is 28.8. The van der Waals surface area contributed by atoms with Crippen LogP contribution in [0.25, 0.3) is 11.7 Å². The van der Waals surface area contributed by atoms with Crippen LogP contribution in [0, 0.1) is 6.92 Å². The standard InChI is InChI=1S/C26H30N8O6/c1-14-13-39-24(28-14)33-10-6-7-17(23(33)37)29-19-11-20(32(5)25(38)40-26(2,3)4)34-21(31-19)15(12-27-34)22(36)30-16-8-9-18(16)35/h6-7,10-13,16,18,35H,8-9H2,1-5H3,(H,29,31)(H,30,36). The van der Waals surface area contributed by atoms with E-state index in [9.17, 15) is 19.5 Å². The first-order chi connectivity index (χ1) is 18.9. The number of hydrogen-bond acceptors (Lipinski definition) is 10. The Hall–Kier alpha value is -4.72. The van der Waals surface area contributed by atoms with Gasteiger partial charge in [-0.3, -0.25) is 14.5 Å². The fourth-order valence-electron chi connectivity index (χ4n) is 4.06. The van der Waals surface area contributed by atoms with Gasteiger partial charge in [-0.25, -0.2) is 14.3 Å². The SMILES string of the molecule is Cc1coc(-n2cccc(Nc3cc(N(C)C(=O)OC(C)(C)C)n4ncc(C(=O)NC5CCC5O)c4n3)c2=O)n1. The van der Waals surface area contributed by atoms with Crippen LogP contribution in [-0.4, -0.2) is 66.1 Å².